The highest BCUT2D eigenvalue weighted by molar-refractivity contribution is 5.78. The van der Waals surface area contributed by atoms with Crippen molar-refractivity contribution >= 4 is 12.3 Å². The molecule has 0 aromatic carbocycles. The van der Waals surface area contributed by atoms with Crippen LogP contribution in [0.3, 0.4) is 0 Å². The van der Waals surface area contributed by atoms with Crippen LogP contribution in [0.4, 0.5) is 0 Å². The van der Waals surface area contributed by atoms with Gasteiger partial charge in [-0.25, -0.2) is 4.79 Å². The van der Waals surface area contributed by atoms with Crippen LogP contribution in [0.2, 0.25) is 0 Å². The molecule has 12 heavy (non-hydrogen) atoms. The van der Waals surface area contributed by atoms with E-state index in [1.807, 2.05) is 0 Å². The molecule has 0 unspecified atom stereocenters. The zero-order chi connectivity index (χ0) is 9.30. The van der Waals surface area contributed by atoms with E-state index in [2.05, 4.69) is 4.74 Å². The van der Waals surface area contributed by atoms with Gasteiger partial charge in [-0.15, -0.1) is 0 Å². The highest BCUT2D eigenvalue weighted by Crippen LogP contribution is 2.17. The standard InChI is InChI=1S/C6H8O6/c7-1-2(8)5-3(9)4(10)6(11)12-5/h1-5,8-10H/t2-,3-,4+,5-/m0/s1. The SMILES string of the molecule is O=C[C@H](O)[C@@H]1OC(=O)[C@H](O)[C@@H]1O. The van der Waals surface area contributed by atoms with Crippen LogP contribution in [-0.4, -0.2) is 52.0 Å². The maximum Gasteiger partial charge on any atom is 0.338 e. The van der Waals surface area contributed by atoms with Crippen molar-refractivity contribution in [1.29, 1.82) is 0 Å². The van der Waals surface area contributed by atoms with Crippen LogP contribution in [0.25, 0.3) is 0 Å². The van der Waals surface area contributed by atoms with Gasteiger partial charge in [0.05, 0.1) is 0 Å². The molecule has 0 radical (unpaired) electrons. The smallest absolute Gasteiger partial charge is 0.338 e. The minimum Gasteiger partial charge on any atom is -0.454 e. The second kappa shape index (κ2) is 3.18. The summed E-state index contributed by atoms with van der Waals surface area (Å²) >= 11 is 0. The number of carbonyl (C=O) groups excluding carboxylic acids is 2. The van der Waals surface area contributed by atoms with E-state index in [9.17, 15) is 9.59 Å². The fourth-order valence-electron chi connectivity index (χ4n) is 0.942. The number of cyclic esters (lactones) is 1. The fraction of sp³-hybridized carbons (Fsp3) is 0.667. The first-order chi connectivity index (χ1) is 5.57. The highest BCUT2D eigenvalue weighted by Gasteiger charge is 2.46. The number of hydrogen-bond donors (Lipinski definition) is 3. The monoisotopic (exact) mass is 176 g/mol. The van der Waals surface area contributed by atoms with Gasteiger partial charge in [-0.1, -0.05) is 0 Å². The molecular formula is C6H8O6. The topological polar surface area (TPSA) is 104 Å². The quantitative estimate of drug-likeness (QED) is 0.310. The number of hydrogen-bond acceptors (Lipinski definition) is 6. The number of esters is 1. The van der Waals surface area contributed by atoms with Crippen molar-refractivity contribution < 1.29 is 29.6 Å². The molecule has 0 aromatic heterocycles. The Morgan fingerprint density at radius 2 is 2.08 bits per heavy atom. The molecule has 0 bridgehead atoms. The van der Waals surface area contributed by atoms with Crippen molar-refractivity contribution in [3.8, 4) is 0 Å². The van der Waals surface area contributed by atoms with E-state index >= 15 is 0 Å². The third-order valence-corrected chi connectivity index (χ3v) is 1.63. The minimum atomic E-state index is -1.68. The largest absolute Gasteiger partial charge is 0.454 e. The number of ether oxygens (including phenoxy) is 1. The van der Waals surface area contributed by atoms with E-state index in [0.717, 1.165) is 0 Å². The van der Waals surface area contributed by atoms with Gasteiger partial charge in [-0.05, 0) is 0 Å². The Kier molecular flexibility index (Phi) is 2.41. The fourth-order valence-corrected chi connectivity index (χ4v) is 0.942. The average Bonchev–Trinajstić information content (AvgIpc) is 2.32. The van der Waals surface area contributed by atoms with Gasteiger partial charge >= 0.3 is 5.97 Å². The van der Waals surface area contributed by atoms with Gasteiger partial charge in [-0.3, -0.25) is 0 Å². The minimum absolute atomic E-state index is 0.124. The predicted octanol–water partition coefficient (Wildman–Crippen LogP) is -2.81. The van der Waals surface area contributed by atoms with Crippen molar-refractivity contribution in [3.63, 3.8) is 0 Å². The lowest BCUT2D eigenvalue weighted by Gasteiger charge is -2.14. The van der Waals surface area contributed by atoms with Gasteiger partial charge in [0.1, 0.15) is 12.2 Å². The molecule has 1 fully saturated rings. The summed E-state index contributed by atoms with van der Waals surface area (Å²) in [7, 11) is 0. The van der Waals surface area contributed by atoms with Gasteiger partial charge < -0.3 is 24.9 Å². The Balaban J connectivity index is 2.70. The molecule has 1 heterocycles. The summed E-state index contributed by atoms with van der Waals surface area (Å²) in [6, 6.07) is 0. The van der Waals surface area contributed by atoms with Crippen molar-refractivity contribution in [2.75, 3.05) is 0 Å². The normalized spacial score (nSPS) is 37.6. The van der Waals surface area contributed by atoms with Crippen LogP contribution in [0, 0.1) is 0 Å². The third kappa shape index (κ3) is 1.31. The molecule has 3 N–H and O–H groups in total. The van der Waals surface area contributed by atoms with Crippen LogP contribution < -0.4 is 0 Å². The molecule has 0 aromatic rings. The summed E-state index contributed by atoms with van der Waals surface area (Å²) in [5, 5.41) is 26.7. The molecule has 6 heteroatoms. The number of aliphatic hydroxyl groups is 3. The molecule has 0 spiro atoms. The molecule has 68 valence electrons. The maximum atomic E-state index is 10.6. The van der Waals surface area contributed by atoms with Crippen molar-refractivity contribution in [2.24, 2.45) is 0 Å². The lowest BCUT2D eigenvalue weighted by atomic mass is 10.1. The predicted molar refractivity (Wildman–Crippen MR) is 34.0 cm³/mol. The van der Waals surface area contributed by atoms with Gasteiger partial charge in [0, 0.05) is 0 Å². The van der Waals surface area contributed by atoms with Gasteiger partial charge in [-0.2, -0.15) is 0 Å². The zero-order valence-corrected chi connectivity index (χ0v) is 5.95. The Morgan fingerprint density at radius 3 is 2.42 bits per heavy atom. The Bertz CT molecular complexity index is 202. The molecule has 6 nitrogen and oxygen atoms in total. The zero-order valence-electron chi connectivity index (χ0n) is 5.95. The Morgan fingerprint density at radius 1 is 1.50 bits per heavy atom. The van der Waals surface area contributed by atoms with E-state index in [1.165, 1.54) is 0 Å². The number of carbonyl (C=O) groups is 2. The van der Waals surface area contributed by atoms with Crippen LogP contribution in [0.15, 0.2) is 0 Å². The second-order valence-electron chi connectivity index (χ2n) is 2.46. The first kappa shape index (κ1) is 9.11. The first-order valence-corrected chi connectivity index (χ1v) is 3.28. The lowest BCUT2D eigenvalue weighted by Crippen LogP contribution is -2.39. The van der Waals surface area contributed by atoms with E-state index in [0.29, 0.717) is 0 Å². The number of aldehydes is 1. The van der Waals surface area contributed by atoms with Crippen LogP contribution in [-0.2, 0) is 14.3 Å². The molecular weight excluding hydrogens is 168 g/mol. The molecule has 1 aliphatic heterocycles. The molecule has 0 aliphatic carbocycles. The summed E-state index contributed by atoms with van der Waals surface area (Å²) in [6.07, 6.45) is -6.05. The second-order valence-corrected chi connectivity index (χ2v) is 2.46. The highest BCUT2D eigenvalue weighted by atomic mass is 16.6. The van der Waals surface area contributed by atoms with Gasteiger partial charge in [0.15, 0.2) is 18.5 Å². The molecule has 1 saturated heterocycles. The first-order valence-electron chi connectivity index (χ1n) is 3.28. The van der Waals surface area contributed by atoms with Crippen molar-refractivity contribution in [2.45, 2.75) is 24.4 Å². The van der Waals surface area contributed by atoms with Crippen LogP contribution >= 0.6 is 0 Å². The Hall–Kier alpha value is -0.980. The van der Waals surface area contributed by atoms with E-state index < -0.39 is 30.4 Å². The summed E-state index contributed by atoms with van der Waals surface area (Å²) in [5.41, 5.74) is 0. The van der Waals surface area contributed by atoms with E-state index in [4.69, 9.17) is 15.3 Å². The van der Waals surface area contributed by atoms with Gasteiger partial charge in [0.2, 0.25) is 0 Å². The van der Waals surface area contributed by atoms with Crippen molar-refractivity contribution in [3.05, 3.63) is 0 Å². The number of rotatable bonds is 2. The summed E-state index contributed by atoms with van der Waals surface area (Å²) in [6.45, 7) is 0. The third-order valence-electron chi connectivity index (χ3n) is 1.63. The van der Waals surface area contributed by atoms with Gasteiger partial charge in [0.25, 0.3) is 0 Å². The molecule has 0 saturated carbocycles. The van der Waals surface area contributed by atoms with Crippen LogP contribution in [0.1, 0.15) is 0 Å². The summed E-state index contributed by atoms with van der Waals surface area (Å²) in [4.78, 5) is 20.6. The average molecular weight is 176 g/mol. The molecule has 4 atom stereocenters. The molecule has 0 amide bonds. The van der Waals surface area contributed by atoms with Crippen LogP contribution in [0.5, 0.6) is 0 Å². The molecule has 1 aliphatic rings. The van der Waals surface area contributed by atoms with E-state index in [-0.39, 0.29) is 6.29 Å². The number of aliphatic hydroxyl groups excluding tert-OH is 3. The Labute approximate surface area is 67.4 Å². The summed E-state index contributed by atoms with van der Waals surface area (Å²) in [5.74, 6) is -1.03. The lowest BCUT2D eigenvalue weighted by molar-refractivity contribution is -0.151. The summed E-state index contributed by atoms with van der Waals surface area (Å²) < 4.78 is 4.32. The van der Waals surface area contributed by atoms with Crippen molar-refractivity contribution in [1.82, 2.24) is 0 Å². The maximum absolute atomic E-state index is 10.6. The molecule has 1 rings (SSSR count). The van der Waals surface area contributed by atoms with E-state index in [1.54, 1.807) is 0 Å².